The van der Waals surface area contributed by atoms with Gasteiger partial charge in [0.25, 0.3) is 5.91 Å². The van der Waals surface area contributed by atoms with E-state index in [1.165, 1.54) is 6.42 Å². The zero-order valence-corrected chi connectivity index (χ0v) is 15.6. The zero-order valence-electron chi connectivity index (χ0n) is 15.6. The van der Waals surface area contributed by atoms with E-state index < -0.39 is 0 Å². The first kappa shape index (κ1) is 18.5. The maximum absolute atomic E-state index is 13.0. The normalized spacial score (nSPS) is 17.7. The van der Waals surface area contributed by atoms with Gasteiger partial charge in [-0.15, -0.1) is 0 Å². The fraction of sp³-hybridized carbons (Fsp3) is 0.476. The van der Waals surface area contributed by atoms with Gasteiger partial charge in [0, 0.05) is 31.2 Å². The molecular weight excluding hydrogens is 328 g/mol. The highest BCUT2D eigenvalue weighted by atomic mass is 16.5. The van der Waals surface area contributed by atoms with Crippen molar-refractivity contribution in [2.75, 3.05) is 19.7 Å². The number of benzene rings is 1. The van der Waals surface area contributed by atoms with Crippen molar-refractivity contribution in [1.29, 1.82) is 0 Å². The van der Waals surface area contributed by atoms with E-state index in [1.807, 2.05) is 29.1 Å². The Morgan fingerprint density at radius 3 is 2.81 bits per heavy atom. The number of carbonyl (C=O) groups is 1. The Hall–Kier alpha value is -2.27. The molecule has 0 saturated carbocycles. The average Bonchev–Trinajstić information content (AvgIpc) is 3.16. The number of phenols is 1. The van der Waals surface area contributed by atoms with Crippen molar-refractivity contribution in [3.63, 3.8) is 0 Å². The van der Waals surface area contributed by atoms with Gasteiger partial charge >= 0.3 is 0 Å². The second-order valence-electron chi connectivity index (χ2n) is 7.36. The summed E-state index contributed by atoms with van der Waals surface area (Å²) in [6.45, 7) is 6.14. The first-order valence-corrected chi connectivity index (χ1v) is 9.42. The lowest BCUT2D eigenvalue weighted by atomic mass is 10.0. The van der Waals surface area contributed by atoms with Crippen molar-refractivity contribution in [2.45, 2.75) is 39.2 Å². The molecule has 0 spiro atoms. The van der Waals surface area contributed by atoms with Gasteiger partial charge in [-0.05, 0) is 42.7 Å². The van der Waals surface area contributed by atoms with E-state index in [9.17, 15) is 9.90 Å². The van der Waals surface area contributed by atoms with Crippen LogP contribution in [0.4, 0.5) is 0 Å². The highest BCUT2D eigenvalue weighted by Crippen LogP contribution is 2.24. The fourth-order valence-electron chi connectivity index (χ4n) is 3.37. The average molecular weight is 356 g/mol. The molecule has 2 aromatic rings. The number of carbonyl (C=O) groups excluding carboxylic acids is 1. The third-order valence-electron chi connectivity index (χ3n) is 4.85. The number of amides is 1. The van der Waals surface area contributed by atoms with Gasteiger partial charge in [0.05, 0.1) is 18.3 Å². The molecule has 1 N–H and O–H groups in total. The molecule has 0 aliphatic carbocycles. The molecular formula is C21H28N2O3. The smallest absolute Gasteiger partial charge is 0.257 e. The summed E-state index contributed by atoms with van der Waals surface area (Å²) in [5, 5.41) is 10.2. The summed E-state index contributed by atoms with van der Waals surface area (Å²) in [5.74, 6) is 0.576. The largest absolute Gasteiger partial charge is 0.507 e. The van der Waals surface area contributed by atoms with Crippen LogP contribution in [-0.4, -0.2) is 46.3 Å². The van der Waals surface area contributed by atoms with Gasteiger partial charge in [-0.2, -0.15) is 0 Å². The Morgan fingerprint density at radius 1 is 1.31 bits per heavy atom. The Kier molecular flexibility index (Phi) is 5.99. The number of morpholine rings is 1. The number of aromatic nitrogens is 1. The maximum atomic E-state index is 13.0. The molecule has 140 valence electrons. The minimum Gasteiger partial charge on any atom is -0.507 e. The number of ether oxygens (including phenoxy) is 1. The number of rotatable bonds is 6. The number of aromatic hydroxyl groups is 1. The van der Waals surface area contributed by atoms with Gasteiger partial charge in [-0.1, -0.05) is 26.7 Å². The first-order chi connectivity index (χ1) is 12.5. The third-order valence-corrected chi connectivity index (χ3v) is 4.85. The van der Waals surface area contributed by atoms with Crippen LogP contribution in [0.3, 0.4) is 0 Å². The molecule has 1 fully saturated rings. The van der Waals surface area contributed by atoms with Crippen LogP contribution in [0.5, 0.6) is 5.75 Å². The number of nitrogens with zero attached hydrogens (tertiary/aromatic N) is 2. The van der Waals surface area contributed by atoms with Crippen LogP contribution >= 0.6 is 0 Å². The molecule has 0 radical (unpaired) electrons. The van der Waals surface area contributed by atoms with Gasteiger partial charge in [0.15, 0.2) is 0 Å². The van der Waals surface area contributed by atoms with Crippen molar-refractivity contribution < 1.29 is 14.6 Å². The SMILES string of the molecule is CC(C)CCC[C@@H]1CN(C(=O)c2cc(-n3cccc3)ccc2O)CCO1. The fourth-order valence-corrected chi connectivity index (χ4v) is 3.37. The van der Waals surface area contributed by atoms with E-state index in [4.69, 9.17) is 4.74 Å². The standard InChI is InChI=1S/C21H28N2O3/c1-16(2)6-5-7-18-15-23(12-13-26-18)21(25)19-14-17(8-9-20(19)24)22-10-3-4-11-22/h3-4,8-11,14,16,18,24H,5-7,12-13,15H2,1-2H3/t18-/m1/s1. The second-order valence-corrected chi connectivity index (χ2v) is 7.36. The van der Waals surface area contributed by atoms with E-state index in [0.717, 1.165) is 18.5 Å². The van der Waals surface area contributed by atoms with E-state index in [2.05, 4.69) is 13.8 Å². The molecule has 0 bridgehead atoms. The van der Waals surface area contributed by atoms with Gasteiger partial charge in [0.1, 0.15) is 5.75 Å². The Morgan fingerprint density at radius 2 is 2.08 bits per heavy atom. The minimum absolute atomic E-state index is 0.0220. The first-order valence-electron chi connectivity index (χ1n) is 9.42. The summed E-state index contributed by atoms with van der Waals surface area (Å²) in [6.07, 6.45) is 7.17. The predicted octanol–water partition coefficient (Wildman–Crippen LogP) is 3.85. The lowest BCUT2D eigenvalue weighted by Gasteiger charge is -2.33. The molecule has 2 heterocycles. The van der Waals surface area contributed by atoms with Crippen LogP contribution in [0.25, 0.3) is 5.69 Å². The molecule has 0 unspecified atom stereocenters. The molecule has 1 aromatic heterocycles. The summed E-state index contributed by atoms with van der Waals surface area (Å²) >= 11 is 0. The van der Waals surface area contributed by atoms with Crippen molar-refractivity contribution in [2.24, 2.45) is 5.92 Å². The zero-order chi connectivity index (χ0) is 18.5. The van der Waals surface area contributed by atoms with Crippen molar-refractivity contribution in [3.05, 3.63) is 48.3 Å². The van der Waals surface area contributed by atoms with E-state index >= 15 is 0 Å². The van der Waals surface area contributed by atoms with E-state index in [-0.39, 0.29) is 17.8 Å². The van der Waals surface area contributed by atoms with E-state index in [0.29, 0.717) is 31.2 Å². The lowest BCUT2D eigenvalue weighted by molar-refractivity contribution is -0.0261. The molecule has 1 saturated heterocycles. The summed E-state index contributed by atoms with van der Waals surface area (Å²) < 4.78 is 7.75. The summed E-state index contributed by atoms with van der Waals surface area (Å²) in [7, 11) is 0. The quantitative estimate of drug-likeness (QED) is 0.855. The lowest BCUT2D eigenvalue weighted by Crippen LogP contribution is -2.45. The Balaban J connectivity index is 1.69. The highest BCUT2D eigenvalue weighted by molar-refractivity contribution is 5.97. The van der Waals surface area contributed by atoms with Crippen LogP contribution in [0.15, 0.2) is 42.7 Å². The molecule has 5 nitrogen and oxygen atoms in total. The van der Waals surface area contributed by atoms with Crippen molar-refractivity contribution in [3.8, 4) is 11.4 Å². The molecule has 3 rings (SSSR count). The van der Waals surface area contributed by atoms with Crippen LogP contribution in [0.1, 0.15) is 43.5 Å². The molecule has 1 aliphatic heterocycles. The predicted molar refractivity (Wildman–Crippen MR) is 102 cm³/mol. The molecule has 5 heteroatoms. The molecule has 26 heavy (non-hydrogen) atoms. The van der Waals surface area contributed by atoms with Gasteiger partial charge in [0.2, 0.25) is 0 Å². The molecule has 1 aliphatic rings. The minimum atomic E-state index is -0.131. The highest BCUT2D eigenvalue weighted by Gasteiger charge is 2.26. The van der Waals surface area contributed by atoms with Gasteiger partial charge < -0.3 is 19.3 Å². The number of hydrogen-bond acceptors (Lipinski definition) is 3. The van der Waals surface area contributed by atoms with Crippen LogP contribution in [0, 0.1) is 5.92 Å². The Bertz CT molecular complexity index is 725. The van der Waals surface area contributed by atoms with Gasteiger partial charge in [-0.25, -0.2) is 0 Å². The van der Waals surface area contributed by atoms with Crippen molar-refractivity contribution in [1.82, 2.24) is 9.47 Å². The summed E-state index contributed by atoms with van der Waals surface area (Å²) in [6, 6.07) is 9.00. The molecule has 1 aromatic carbocycles. The van der Waals surface area contributed by atoms with Crippen LogP contribution in [-0.2, 0) is 4.74 Å². The number of hydrogen-bond donors (Lipinski definition) is 1. The maximum Gasteiger partial charge on any atom is 0.257 e. The Labute approximate surface area is 155 Å². The number of phenolic OH excluding ortho intramolecular Hbond substituents is 1. The van der Waals surface area contributed by atoms with Crippen molar-refractivity contribution >= 4 is 5.91 Å². The second kappa shape index (κ2) is 8.41. The van der Waals surface area contributed by atoms with E-state index in [1.54, 1.807) is 23.1 Å². The van der Waals surface area contributed by atoms with Crippen LogP contribution in [0.2, 0.25) is 0 Å². The third kappa shape index (κ3) is 4.47. The topological polar surface area (TPSA) is 54.7 Å². The summed E-state index contributed by atoms with van der Waals surface area (Å²) in [5.41, 5.74) is 1.21. The summed E-state index contributed by atoms with van der Waals surface area (Å²) in [4.78, 5) is 14.8. The molecule has 1 amide bonds. The van der Waals surface area contributed by atoms with Crippen LogP contribution < -0.4 is 0 Å². The molecule has 1 atom stereocenters. The van der Waals surface area contributed by atoms with Gasteiger partial charge in [-0.3, -0.25) is 4.79 Å². The monoisotopic (exact) mass is 356 g/mol.